The van der Waals surface area contributed by atoms with E-state index in [9.17, 15) is 4.79 Å². The van der Waals surface area contributed by atoms with Gasteiger partial charge in [-0.15, -0.1) is 0 Å². The maximum absolute atomic E-state index is 10.6. The lowest BCUT2D eigenvalue weighted by molar-refractivity contribution is 0.263. The Morgan fingerprint density at radius 3 is 2.19 bits per heavy atom. The van der Waals surface area contributed by atoms with Crippen LogP contribution >= 0.6 is 71.6 Å². The number of halogens is 4. The molecule has 2 N–H and O–H groups in total. The molecule has 0 atom stereocenters. The molecule has 86 valence electrons. The van der Waals surface area contributed by atoms with Crippen molar-refractivity contribution in [1.29, 1.82) is 0 Å². The molecule has 0 aliphatic heterocycles. The number of amides is 1. The Bertz CT molecular complexity index is 432. The molecule has 0 aromatic heterocycles. The van der Waals surface area contributed by atoms with E-state index in [1.807, 2.05) is 12.1 Å². The molecular formula is C8H4Br3ClN2OS. The lowest BCUT2D eigenvalue weighted by atomic mass is 10.3. The van der Waals surface area contributed by atoms with Crippen molar-refractivity contribution in [2.45, 2.75) is 0 Å². The van der Waals surface area contributed by atoms with Crippen LogP contribution < -0.4 is 10.6 Å². The van der Waals surface area contributed by atoms with Crippen LogP contribution in [0.25, 0.3) is 0 Å². The van der Waals surface area contributed by atoms with Gasteiger partial charge in [0, 0.05) is 13.4 Å². The Labute approximate surface area is 128 Å². The van der Waals surface area contributed by atoms with Gasteiger partial charge in [-0.05, 0) is 67.8 Å². The van der Waals surface area contributed by atoms with E-state index < -0.39 is 5.37 Å². The molecule has 3 nitrogen and oxygen atoms in total. The molecule has 1 amide bonds. The molecule has 0 unspecified atom stereocenters. The van der Waals surface area contributed by atoms with Crippen molar-refractivity contribution in [3.63, 3.8) is 0 Å². The second-order valence-electron chi connectivity index (χ2n) is 2.60. The average Bonchev–Trinajstić information content (AvgIpc) is 2.09. The second-order valence-corrected chi connectivity index (χ2v) is 5.97. The molecule has 0 aliphatic carbocycles. The van der Waals surface area contributed by atoms with Crippen molar-refractivity contribution in [3.8, 4) is 0 Å². The fourth-order valence-corrected chi connectivity index (χ4v) is 3.70. The van der Waals surface area contributed by atoms with Gasteiger partial charge in [-0.3, -0.25) is 10.1 Å². The van der Waals surface area contributed by atoms with E-state index in [-0.39, 0.29) is 5.11 Å². The van der Waals surface area contributed by atoms with Crippen LogP contribution in [0.3, 0.4) is 0 Å². The smallest absolute Gasteiger partial charge is 0.319 e. The summed E-state index contributed by atoms with van der Waals surface area (Å²) in [6, 6.07) is 3.69. The molecule has 0 heterocycles. The maximum Gasteiger partial charge on any atom is 0.319 e. The highest BCUT2D eigenvalue weighted by molar-refractivity contribution is 9.11. The van der Waals surface area contributed by atoms with Crippen LogP contribution in [0.5, 0.6) is 0 Å². The lowest BCUT2D eigenvalue weighted by Crippen LogP contribution is -2.30. The number of carbonyl (C=O) groups excluding carboxylic acids is 1. The van der Waals surface area contributed by atoms with Crippen molar-refractivity contribution in [3.05, 3.63) is 25.6 Å². The van der Waals surface area contributed by atoms with Gasteiger partial charge in [0.15, 0.2) is 5.11 Å². The van der Waals surface area contributed by atoms with Gasteiger partial charge in [0.25, 0.3) is 0 Å². The van der Waals surface area contributed by atoms with Gasteiger partial charge in [0.05, 0.1) is 5.69 Å². The second kappa shape index (κ2) is 6.30. The molecule has 1 rings (SSSR count). The lowest BCUT2D eigenvalue weighted by Gasteiger charge is -2.11. The third kappa shape index (κ3) is 4.29. The zero-order valence-electron chi connectivity index (χ0n) is 7.48. The van der Waals surface area contributed by atoms with Crippen molar-refractivity contribution in [1.82, 2.24) is 5.32 Å². The number of thiocarbonyl (C=S) groups is 1. The van der Waals surface area contributed by atoms with Gasteiger partial charge in [-0.2, -0.15) is 0 Å². The summed E-state index contributed by atoms with van der Waals surface area (Å²) in [5.41, 5.74) is 0.707. The Kier molecular flexibility index (Phi) is 5.66. The van der Waals surface area contributed by atoms with Gasteiger partial charge in [0.2, 0.25) is 0 Å². The van der Waals surface area contributed by atoms with E-state index >= 15 is 0 Å². The molecule has 0 radical (unpaired) electrons. The van der Waals surface area contributed by atoms with E-state index in [1.165, 1.54) is 0 Å². The van der Waals surface area contributed by atoms with Crippen LogP contribution in [0.2, 0.25) is 0 Å². The largest absolute Gasteiger partial charge is 0.331 e. The summed E-state index contributed by atoms with van der Waals surface area (Å²) < 4.78 is 2.49. The number of hydrogen-bond acceptors (Lipinski definition) is 2. The first-order valence-corrected chi connectivity index (χ1v) is 6.98. The quantitative estimate of drug-likeness (QED) is 0.372. The zero-order chi connectivity index (χ0) is 12.3. The van der Waals surface area contributed by atoms with E-state index in [0.29, 0.717) is 5.69 Å². The molecule has 8 heteroatoms. The van der Waals surface area contributed by atoms with Crippen LogP contribution in [0.1, 0.15) is 0 Å². The summed E-state index contributed by atoms with van der Waals surface area (Å²) in [6.07, 6.45) is 0. The number of hydrogen-bond donors (Lipinski definition) is 2. The first-order valence-electron chi connectivity index (χ1n) is 3.82. The minimum absolute atomic E-state index is 0.128. The summed E-state index contributed by atoms with van der Waals surface area (Å²) in [5, 5.41) is 4.49. The molecule has 0 saturated carbocycles. The molecule has 0 bridgehead atoms. The van der Waals surface area contributed by atoms with Gasteiger partial charge >= 0.3 is 5.37 Å². The zero-order valence-corrected chi connectivity index (χ0v) is 13.8. The van der Waals surface area contributed by atoms with Gasteiger partial charge in [-0.25, -0.2) is 0 Å². The summed E-state index contributed by atoms with van der Waals surface area (Å²) >= 11 is 20.1. The molecule has 0 aliphatic rings. The summed E-state index contributed by atoms with van der Waals surface area (Å²) in [4.78, 5) is 10.6. The fraction of sp³-hybridized carbons (Fsp3) is 0. The average molecular weight is 451 g/mol. The first-order chi connectivity index (χ1) is 7.40. The number of rotatable bonds is 1. The molecule has 0 saturated heterocycles. The number of anilines is 1. The van der Waals surface area contributed by atoms with Crippen molar-refractivity contribution in [2.75, 3.05) is 5.32 Å². The van der Waals surface area contributed by atoms with Crippen LogP contribution in [0.15, 0.2) is 25.6 Å². The predicted molar refractivity (Wildman–Crippen MR) is 80.1 cm³/mol. The Hall–Kier alpha value is 0.310. The highest BCUT2D eigenvalue weighted by atomic mass is 79.9. The normalized spacial score (nSPS) is 9.75. The SMILES string of the molecule is O=C(Cl)NC(=S)Nc1c(Br)cc(Br)cc1Br. The van der Waals surface area contributed by atoms with Gasteiger partial charge < -0.3 is 5.32 Å². The summed E-state index contributed by atoms with van der Waals surface area (Å²) in [7, 11) is 0. The third-order valence-electron chi connectivity index (χ3n) is 1.46. The number of nitrogens with one attached hydrogen (secondary N) is 2. The standard InChI is InChI=1S/C8H4Br3ClN2OS/c9-3-1-4(10)6(5(11)2-3)13-8(16)14-7(12)15/h1-2H,(H2,13,14,15,16). The van der Waals surface area contributed by atoms with E-state index in [1.54, 1.807) is 0 Å². The molecular weight excluding hydrogens is 447 g/mol. The Balaban J connectivity index is 2.89. The topological polar surface area (TPSA) is 41.1 Å². The van der Waals surface area contributed by atoms with Gasteiger partial charge in [0.1, 0.15) is 0 Å². The monoisotopic (exact) mass is 448 g/mol. The molecule has 1 aromatic carbocycles. The highest BCUT2D eigenvalue weighted by Crippen LogP contribution is 2.34. The molecule has 0 fully saturated rings. The van der Waals surface area contributed by atoms with Crippen molar-refractivity contribution < 1.29 is 4.79 Å². The highest BCUT2D eigenvalue weighted by Gasteiger charge is 2.09. The molecule has 16 heavy (non-hydrogen) atoms. The third-order valence-corrected chi connectivity index (χ3v) is 3.46. The van der Waals surface area contributed by atoms with E-state index in [4.69, 9.17) is 23.8 Å². The number of carbonyl (C=O) groups is 1. The van der Waals surface area contributed by atoms with Gasteiger partial charge in [-0.1, -0.05) is 15.9 Å². The Morgan fingerprint density at radius 2 is 1.75 bits per heavy atom. The maximum atomic E-state index is 10.6. The van der Waals surface area contributed by atoms with Crippen LogP contribution in [0.4, 0.5) is 10.5 Å². The first kappa shape index (κ1) is 14.4. The minimum Gasteiger partial charge on any atom is -0.331 e. The van der Waals surface area contributed by atoms with Crippen molar-refractivity contribution >= 4 is 87.8 Å². The number of benzene rings is 1. The fourth-order valence-electron chi connectivity index (χ4n) is 0.896. The summed E-state index contributed by atoms with van der Waals surface area (Å²) in [6.45, 7) is 0. The minimum atomic E-state index is -0.734. The van der Waals surface area contributed by atoms with E-state index in [0.717, 1.165) is 13.4 Å². The molecule has 1 aromatic rings. The van der Waals surface area contributed by atoms with Crippen LogP contribution in [-0.4, -0.2) is 10.5 Å². The summed E-state index contributed by atoms with van der Waals surface area (Å²) in [5.74, 6) is 0. The predicted octanol–water partition coefficient (Wildman–Crippen LogP) is 4.62. The van der Waals surface area contributed by atoms with Crippen molar-refractivity contribution in [2.24, 2.45) is 0 Å². The Morgan fingerprint density at radius 1 is 1.25 bits per heavy atom. The molecule has 0 spiro atoms. The van der Waals surface area contributed by atoms with Crippen LogP contribution in [-0.2, 0) is 0 Å². The van der Waals surface area contributed by atoms with Crippen LogP contribution in [0, 0.1) is 0 Å². The van der Waals surface area contributed by atoms with E-state index in [2.05, 4.69) is 58.4 Å².